The average molecular weight is 424 g/mol. The lowest BCUT2D eigenvalue weighted by Gasteiger charge is -2.32. The Morgan fingerprint density at radius 2 is 1.77 bits per heavy atom. The summed E-state index contributed by atoms with van der Waals surface area (Å²) in [7, 11) is 4.61. The fraction of sp³-hybridized carbons (Fsp3) is 0.417. The van der Waals surface area contributed by atoms with E-state index in [1.54, 1.807) is 17.0 Å². The van der Waals surface area contributed by atoms with Gasteiger partial charge in [0.25, 0.3) is 0 Å². The first-order valence-corrected chi connectivity index (χ1v) is 10.5. The third kappa shape index (κ3) is 3.69. The number of carbonyl (C=O) groups excluding carboxylic acids is 2. The van der Waals surface area contributed by atoms with E-state index in [1.165, 1.54) is 26.9 Å². The van der Waals surface area contributed by atoms with Gasteiger partial charge in [-0.1, -0.05) is 18.2 Å². The maximum Gasteiger partial charge on any atom is 0.232 e. The quantitative estimate of drug-likeness (QED) is 0.736. The minimum atomic E-state index is -0.392. The van der Waals surface area contributed by atoms with E-state index in [1.807, 2.05) is 24.0 Å². The van der Waals surface area contributed by atoms with Gasteiger partial charge in [0.1, 0.15) is 0 Å². The molecule has 2 aromatic rings. The molecule has 2 heterocycles. The summed E-state index contributed by atoms with van der Waals surface area (Å²) in [5.74, 6) is 0.943. The van der Waals surface area contributed by atoms with Gasteiger partial charge in [0.2, 0.25) is 17.6 Å². The number of methoxy groups -OCH3 is 3. The molecule has 0 N–H and O–H groups in total. The van der Waals surface area contributed by atoms with Crippen LogP contribution in [-0.2, 0) is 16.0 Å². The molecule has 7 heteroatoms. The Balaban J connectivity index is 1.61. The molecule has 1 fully saturated rings. The number of hydrogen-bond donors (Lipinski definition) is 0. The van der Waals surface area contributed by atoms with Crippen LogP contribution in [0.25, 0.3) is 0 Å². The monoisotopic (exact) mass is 424 g/mol. The number of hydrogen-bond acceptors (Lipinski definition) is 5. The van der Waals surface area contributed by atoms with Crippen molar-refractivity contribution in [3.05, 3.63) is 41.5 Å². The van der Waals surface area contributed by atoms with E-state index in [2.05, 4.69) is 6.07 Å². The normalized spacial score (nSPS) is 18.1. The molecule has 0 aromatic heterocycles. The third-order valence-corrected chi connectivity index (χ3v) is 6.12. The van der Waals surface area contributed by atoms with E-state index >= 15 is 0 Å². The fourth-order valence-corrected chi connectivity index (χ4v) is 4.63. The number of fused-ring (bicyclic) bond motifs is 1. The van der Waals surface area contributed by atoms with E-state index in [0.29, 0.717) is 36.0 Å². The molecule has 0 bridgehead atoms. The first-order valence-electron chi connectivity index (χ1n) is 10.5. The lowest BCUT2D eigenvalue weighted by Crippen LogP contribution is -2.41. The summed E-state index contributed by atoms with van der Waals surface area (Å²) in [6, 6.07) is 9.64. The van der Waals surface area contributed by atoms with Gasteiger partial charge in [0.15, 0.2) is 11.5 Å². The van der Waals surface area contributed by atoms with Crippen molar-refractivity contribution in [2.75, 3.05) is 44.2 Å². The lowest BCUT2D eigenvalue weighted by atomic mass is 9.96. The maximum absolute atomic E-state index is 13.5. The van der Waals surface area contributed by atoms with E-state index in [4.69, 9.17) is 14.2 Å². The Hall–Kier alpha value is -3.22. The zero-order chi connectivity index (χ0) is 22.1. The van der Waals surface area contributed by atoms with Gasteiger partial charge in [0, 0.05) is 37.3 Å². The minimum Gasteiger partial charge on any atom is -0.493 e. The molecule has 2 amide bonds. The molecule has 164 valence electrons. The third-order valence-electron chi connectivity index (χ3n) is 6.12. The van der Waals surface area contributed by atoms with Crippen LogP contribution in [0.4, 0.5) is 11.4 Å². The smallest absolute Gasteiger partial charge is 0.232 e. The maximum atomic E-state index is 13.5. The summed E-state index contributed by atoms with van der Waals surface area (Å²) >= 11 is 0. The van der Waals surface area contributed by atoms with E-state index in [9.17, 15) is 9.59 Å². The Kier molecular flexibility index (Phi) is 5.76. The molecule has 0 aliphatic carbocycles. The van der Waals surface area contributed by atoms with Crippen LogP contribution in [-0.4, -0.2) is 46.2 Å². The molecule has 0 saturated carbocycles. The van der Waals surface area contributed by atoms with Crippen LogP contribution < -0.4 is 24.0 Å². The molecule has 2 aromatic carbocycles. The molecule has 2 aliphatic heterocycles. The molecular formula is C24H28N2O5. The second-order valence-corrected chi connectivity index (χ2v) is 7.97. The van der Waals surface area contributed by atoms with Crippen LogP contribution in [0, 0.1) is 12.8 Å². The number of ether oxygens (including phenoxy) is 3. The molecule has 7 nitrogen and oxygen atoms in total. The highest BCUT2D eigenvalue weighted by molar-refractivity contribution is 6.05. The van der Waals surface area contributed by atoms with Crippen molar-refractivity contribution >= 4 is 23.2 Å². The first-order chi connectivity index (χ1) is 15.0. The van der Waals surface area contributed by atoms with Crippen molar-refractivity contribution < 1.29 is 23.8 Å². The summed E-state index contributed by atoms with van der Waals surface area (Å²) in [4.78, 5) is 29.9. The van der Waals surface area contributed by atoms with Gasteiger partial charge in [-0.05, 0) is 30.9 Å². The van der Waals surface area contributed by atoms with Crippen LogP contribution in [0.5, 0.6) is 17.2 Å². The number of amides is 2. The van der Waals surface area contributed by atoms with Crippen LogP contribution in [0.1, 0.15) is 24.0 Å². The largest absolute Gasteiger partial charge is 0.493 e. The Morgan fingerprint density at radius 3 is 2.42 bits per heavy atom. The molecule has 0 spiro atoms. The van der Waals surface area contributed by atoms with Gasteiger partial charge in [-0.15, -0.1) is 0 Å². The van der Waals surface area contributed by atoms with Crippen LogP contribution in [0.3, 0.4) is 0 Å². The minimum absolute atomic E-state index is 0.0125. The number of rotatable bonds is 5. The topological polar surface area (TPSA) is 68.3 Å². The van der Waals surface area contributed by atoms with Gasteiger partial charge in [0.05, 0.1) is 32.9 Å². The SMILES string of the molecule is COc1cc(N2C[C@@H](C(=O)N3CCCc4cccc(C)c43)CC2=O)cc(OC)c1OC. The summed E-state index contributed by atoms with van der Waals surface area (Å²) < 4.78 is 16.2. The zero-order valence-corrected chi connectivity index (χ0v) is 18.4. The van der Waals surface area contributed by atoms with Gasteiger partial charge in [-0.25, -0.2) is 0 Å². The molecular weight excluding hydrogens is 396 g/mol. The molecule has 1 saturated heterocycles. The highest BCUT2D eigenvalue weighted by Gasteiger charge is 2.39. The molecule has 2 aliphatic rings. The van der Waals surface area contributed by atoms with Crippen molar-refractivity contribution in [2.24, 2.45) is 5.92 Å². The summed E-state index contributed by atoms with van der Waals surface area (Å²) in [5, 5.41) is 0. The van der Waals surface area contributed by atoms with Crippen molar-refractivity contribution in [1.82, 2.24) is 0 Å². The number of anilines is 2. The molecule has 4 rings (SSSR count). The first kappa shape index (κ1) is 21.0. The predicted octanol–water partition coefficient (Wildman–Crippen LogP) is 3.35. The van der Waals surface area contributed by atoms with Gasteiger partial charge in [-0.2, -0.15) is 0 Å². The standard InChI is InChI=1S/C24H28N2O5/c1-15-7-5-8-16-9-6-10-25(22(15)16)24(28)17-11-21(27)26(14-17)18-12-19(29-2)23(31-4)20(13-18)30-3/h5,7-8,12-13,17H,6,9-11,14H2,1-4H3/t17-/m0/s1. The van der Waals surface area contributed by atoms with Crippen molar-refractivity contribution in [3.63, 3.8) is 0 Å². The van der Waals surface area contributed by atoms with E-state index in [-0.39, 0.29) is 18.2 Å². The fourth-order valence-electron chi connectivity index (χ4n) is 4.63. The lowest BCUT2D eigenvalue weighted by molar-refractivity contribution is -0.124. The molecule has 0 radical (unpaired) electrons. The van der Waals surface area contributed by atoms with Gasteiger partial charge >= 0.3 is 0 Å². The van der Waals surface area contributed by atoms with Crippen LogP contribution >= 0.6 is 0 Å². The Morgan fingerprint density at radius 1 is 1.06 bits per heavy atom. The average Bonchev–Trinajstić information content (AvgIpc) is 3.18. The van der Waals surface area contributed by atoms with Crippen molar-refractivity contribution in [3.8, 4) is 17.2 Å². The number of carbonyl (C=O) groups is 2. The highest BCUT2D eigenvalue weighted by atomic mass is 16.5. The molecule has 0 unspecified atom stereocenters. The Bertz CT molecular complexity index is 994. The Labute approximate surface area is 182 Å². The zero-order valence-electron chi connectivity index (χ0n) is 18.4. The molecule has 1 atom stereocenters. The highest BCUT2D eigenvalue weighted by Crippen LogP contribution is 2.42. The summed E-state index contributed by atoms with van der Waals surface area (Å²) in [5.41, 5.74) is 3.93. The van der Waals surface area contributed by atoms with Crippen LogP contribution in [0.2, 0.25) is 0 Å². The van der Waals surface area contributed by atoms with Gasteiger partial charge in [-0.3, -0.25) is 9.59 Å². The number of nitrogens with zero attached hydrogens (tertiary/aromatic N) is 2. The number of para-hydroxylation sites is 1. The number of aryl methyl sites for hydroxylation is 2. The van der Waals surface area contributed by atoms with Crippen LogP contribution in [0.15, 0.2) is 30.3 Å². The summed E-state index contributed by atoms with van der Waals surface area (Å²) in [6.45, 7) is 3.05. The predicted molar refractivity (Wildman–Crippen MR) is 118 cm³/mol. The molecule has 31 heavy (non-hydrogen) atoms. The second-order valence-electron chi connectivity index (χ2n) is 7.97. The van der Waals surface area contributed by atoms with Gasteiger partial charge < -0.3 is 24.0 Å². The summed E-state index contributed by atoms with van der Waals surface area (Å²) in [6.07, 6.45) is 2.09. The van der Waals surface area contributed by atoms with Crippen molar-refractivity contribution in [2.45, 2.75) is 26.2 Å². The van der Waals surface area contributed by atoms with E-state index in [0.717, 1.165) is 24.1 Å². The van der Waals surface area contributed by atoms with E-state index < -0.39 is 5.92 Å². The number of benzene rings is 2. The second kappa shape index (κ2) is 8.49. The van der Waals surface area contributed by atoms with Crippen molar-refractivity contribution in [1.29, 1.82) is 0 Å².